The lowest BCUT2D eigenvalue weighted by atomic mass is 9.82. The fourth-order valence-corrected chi connectivity index (χ4v) is 4.10. The molecule has 4 nitrogen and oxygen atoms in total. The van der Waals surface area contributed by atoms with Crippen LogP contribution < -0.4 is 0 Å². The largest absolute Gasteiger partial charge is 0.460 e. The molecule has 0 saturated carbocycles. The minimum atomic E-state index is -3.46. The van der Waals surface area contributed by atoms with Gasteiger partial charge >= 0.3 is 5.97 Å². The van der Waals surface area contributed by atoms with Gasteiger partial charge in [-0.15, -0.1) is 0 Å². The number of carbonyl (C=O) groups excluding carboxylic acids is 1. The van der Waals surface area contributed by atoms with E-state index in [4.69, 9.17) is 4.74 Å². The first-order chi connectivity index (χ1) is 10.2. The van der Waals surface area contributed by atoms with Gasteiger partial charge in [0.1, 0.15) is 5.60 Å². The van der Waals surface area contributed by atoms with Gasteiger partial charge < -0.3 is 4.74 Å². The van der Waals surface area contributed by atoms with E-state index in [0.717, 1.165) is 5.56 Å². The maximum atomic E-state index is 12.6. The lowest BCUT2D eigenvalue weighted by molar-refractivity contribution is -0.162. The molecule has 0 aromatic heterocycles. The highest BCUT2D eigenvalue weighted by Gasteiger charge is 2.38. The zero-order chi connectivity index (χ0) is 18.1. The molecule has 5 heteroatoms. The Morgan fingerprint density at radius 2 is 1.57 bits per heavy atom. The second kappa shape index (κ2) is 6.63. The van der Waals surface area contributed by atoms with E-state index in [1.807, 2.05) is 6.92 Å². The summed E-state index contributed by atoms with van der Waals surface area (Å²) in [7, 11) is -3.46. The Hall–Kier alpha value is -1.36. The lowest BCUT2D eigenvalue weighted by Gasteiger charge is -2.32. The number of sulfone groups is 1. The van der Waals surface area contributed by atoms with Gasteiger partial charge in [-0.25, -0.2) is 8.42 Å². The van der Waals surface area contributed by atoms with Crippen molar-refractivity contribution in [2.45, 2.75) is 59.0 Å². The predicted molar refractivity (Wildman–Crippen MR) is 92.0 cm³/mol. The van der Waals surface area contributed by atoms with Crippen molar-refractivity contribution in [1.29, 1.82) is 0 Å². The standard InChI is InChI=1S/C18H28O4S/c1-13-8-10-15(11-9-13)23(20,21)12-18(6,7)14(2)16(19)22-17(3,4)5/h8-11,14H,12H2,1-7H3/t14-/m0/s1. The third kappa shape index (κ3) is 5.65. The topological polar surface area (TPSA) is 60.4 Å². The molecular formula is C18H28O4S. The number of carbonyl (C=O) groups is 1. The molecule has 0 aliphatic heterocycles. The monoisotopic (exact) mass is 340 g/mol. The molecule has 1 aromatic rings. The average molecular weight is 340 g/mol. The van der Waals surface area contributed by atoms with Crippen molar-refractivity contribution in [2.75, 3.05) is 5.75 Å². The number of esters is 1. The zero-order valence-electron chi connectivity index (χ0n) is 15.1. The maximum Gasteiger partial charge on any atom is 0.309 e. The summed E-state index contributed by atoms with van der Waals surface area (Å²) in [6, 6.07) is 6.77. The summed E-state index contributed by atoms with van der Waals surface area (Å²) in [6.45, 7) is 12.6. The van der Waals surface area contributed by atoms with Crippen molar-refractivity contribution >= 4 is 15.8 Å². The van der Waals surface area contributed by atoms with E-state index in [1.165, 1.54) is 0 Å². The first-order valence-electron chi connectivity index (χ1n) is 7.77. The summed E-state index contributed by atoms with van der Waals surface area (Å²) in [5.41, 5.74) is -0.311. The second-order valence-electron chi connectivity index (χ2n) is 7.82. The Balaban J connectivity index is 2.96. The third-order valence-corrected chi connectivity index (χ3v) is 5.99. The van der Waals surface area contributed by atoms with Crippen LogP contribution in [0.5, 0.6) is 0 Å². The highest BCUT2D eigenvalue weighted by molar-refractivity contribution is 7.91. The van der Waals surface area contributed by atoms with E-state index in [9.17, 15) is 13.2 Å². The van der Waals surface area contributed by atoms with Crippen molar-refractivity contribution in [2.24, 2.45) is 11.3 Å². The summed E-state index contributed by atoms with van der Waals surface area (Å²) in [4.78, 5) is 12.5. The van der Waals surface area contributed by atoms with Gasteiger partial charge in [-0.2, -0.15) is 0 Å². The summed E-state index contributed by atoms with van der Waals surface area (Å²) in [5.74, 6) is -1.01. The molecule has 0 heterocycles. The quantitative estimate of drug-likeness (QED) is 0.766. The molecule has 0 radical (unpaired) electrons. The van der Waals surface area contributed by atoms with Crippen LogP contribution in [0.25, 0.3) is 0 Å². The van der Waals surface area contributed by atoms with Crippen LogP contribution in [0.1, 0.15) is 47.1 Å². The Morgan fingerprint density at radius 3 is 2.00 bits per heavy atom. The smallest absolute Gasteiger partial charge is 0.309 e. The normalized spacial score (nSPS) is 14.4. The van der Waals surface area contributed by atoms with Crippen molar-refractivity contribution in [3.8, 4) is 0 Å². The molecule has 0 amide bonds. The number of ether oxygens (including phenoxy) is 1. The van der Waals surface area contributed by atoms with Gasteiger partial charge in [0.2, 0.25) is 0 Å². The minimum Gasteiger partial charge on any atom is -0.460 e. The average Bonchev–Trinajstić information content (AvgIpc) is 2.35. The van der Waals surface area contributed by atoms with E-state index in [0.29, 0.717) is 0 Å². The summed E-state index contributed by atoms with van der Waals surface area (Å²) >= 11 is 0. The van der Waals surface area contributed by atoms with E-state index < -0.39 is 26.8 Å². The van der Waals surface area contributed by atoms with E-state index in [1.54, 1.807) is 65.8 Å². The van der Waals surface area contributed by atoms with Gasteiger partial charge in [0, 0.05) is 0 Å². The number of benzene rings is 1. The van der Waals surface area contributed by atoms with Crippen LogP contribution in [0, 0.1) is 18.3 Å². The van der Waals surface area contributed by atoms with Crippen LogP contribution >= 0.6 is 0 Å². The van der Waals surface area contributed by atoms with Crippen LogP contribution in [0.2, 0.25) is 0 Å². The second-order valence-corrected chi connectivity index (χ2v) is 9.81. The van der Waals surface area contributed by atoms with Crippen LogP contribution in [0.15, 0.2) is 29.2 Å². The van der Waals surface area contributed by atoms with Gasteiger partial charge in [0.25, 0.3) is 0 Å². The fraction of sp³-hybridized carbons (Fsp3) is 0.611. The van der Waals surface area contributed by atoms with Gasteiger partial charge in [-0.1, -0.05) is 38.5 Å². The maximum absolute atomic E-state index is 12.6. The highest BCUT2D eigenvalue weighted by atomic mass is 32.2. The molecule has 1 rings (SSSR count). The van der Waals surface area contributed by atoms with Crippen LogP contribution in [0.4, 0.5) is 0 Å². The molecule has 0 bridgehead atoms. The molecule has 0 saturated heterocycles. The zero-order valence-corrected chi connectivity index (χ0v) is 16.0. The van der Waals surface area contributed by atoms with Crippen LogP contribution in [-0.4, -0.2) is 25.7 Å². The number of hydrogen-bond donors (Lipinski definition) is 0. The minimum absolute atomic E-state index is 0.108. The fourth-order valence-electron chi connectivity index (χ4n) is 2.15. The van der Waals surface area contributed by atoms with Gasteiger partial charge in [-0.05, 0) is 45.2 Å². The predicted octanol–water partition coefficient (Wildman–Crippen LogP) is 3.77. The van der Waals surface area contributed by atoms with Crippen LogP contribution in [-0.2, 0) is 19.4 Å². The molecule has 0 N–H and O–H groups in total. The van der Waals surface area contributed by atoms with Crippen LogP contribution in [0.3, 0.4) is 0 Å². The molecular weight excluding hydrogens is 312 g/mol. The summed E-state index contributed by atoms with van der Waals surface area (Å²) < 4.78 is 30.6. The molecule has 23 heavy (non-hydrogen) atoms. The first kappa shape index (κ1) is 19.7. The van der Waals surface area contributed by atoms with Crippen molar-refractivity contribution in [3.05, 3.63) is 29.8 Å². The Labute approximate surface area is 140 Å². The van der Waals surface area contributed by atoms with E-state index in [2.05, 4.69) is 0 Å². The number of aryl methyl sites for hydroxylation is 1. The van der Waals surface area contributed by atoms with Gasteiger partial charge in [-0.3, -0.25) is 4.79 Å². The molecule has 0 aliphatic rings. The molecule has 0 aliphatic carbocycles. The molecule has 0 unspecified atom stereocenters. The molecule has 1 aromatic carbocycles. The van der Waals surface area contributed by atoms with Gasteiger partial charge in [0.15, 0.2) is 9.84 Å². The van der Waals surface area contributed by atoms with Crippen molar-refractivity contribution in [1.82, 2.24) is 0 Å². The Morgan fingerprint density at radius 1 is 1.09 bits per heavy atom. The van der Waals surface area contributed by atoms with Crippen molar-refractivity contribution in [3.63, 3.8) is 0 Å². The van der Waals surface area contributed by atoms with E-state index in [-0.39, 0.29) is 16.6 Å². The summed E-state index contributed by atoms with van der Waals surface area (Å²) in [6.07, 6.45) is 0. The molecule has 0 fully saturated rings. The third-order valence-electron chi connectivity index (χ3n) is 3.87. The highest BCUT2D eigenvalue weighted by Crippen LogP contribution is 2.32. The SMILES string of the molecule is Cc1ccc(S(=O)(=O)CC(C)(C)[C@@H](C)C(=O)OC(C)(C)C)cc1. The Kier molecular flexibility index (Phi) is 5.68. The molecule has 130 valence electrons. The van der Waals surface area contributed by atoms with E-state index >= 15 is 0 Å². The Bertz CT molecular complexity index is 649. The number of rotatable bonds is 5. The number of hydrogen-bond acceptors (Lipinski definition) is 4. The van der Waals surface area contributed by atoms with Crippen molar-refractivity contribution < 1.29 is 17.9 Å². The first-order valence-corrected chi connectivity index (χ1v) is 9.42. The lowest BCUT2D eigenvalue weighted by Crippen LogP contribution is -2.38. The molecule has 1 atom stereocenters. The van der Waals surface area contributed by atoms with Gasteiger partial charge in [0.05, 0.1) is 16.6 Å². The molecule has 0 spiro atoms. The summed E-state index contributed by atoms with van der Waals surface area (Å²) in [5, 5.41) is 0.